The second-order valence-electron chi connectivity index (χ2n) is 9.41. The second-order valence-corrected chi connectivity index (χ2v) is 9.41. The van der Waals surface area contributed by atoms with Crippen molar-refractivity contribution in [1.82, 2.24) is 0 Å². The maximum atomic E-state index is 12.6. The van der Waals surface area contributed by atoms with Gasteiger partial charge in [0.05, 0.1) is 12.2 Å². The Balaban J connectivity index is 1.48. The van der Waals surface area contributed by atoms with E-state index >= 15 is 0 Å². The van der Waals surface area contributed by atoms with Crippen LogP contribution in [0.1, 0.15) is 90.1 Å². The molecule has 0 unspecified atom stereocenters. The summed E-state index contributed by atoms with van der Waals surface area (Å²) in [6, 6.07) is 18.8. The summed E-state index contributed by atoms with van der Waals surface area (Å²) in [6.45, 7) is 6.72. The standard InChI is InChI=1S/C32H38O4/c1-4-5-6-7-8-9-10-11-20-35-30-18-16-27(17-19-30)26-12-14-28(15-13-26)32(34)36-31-22-29(23-33)24(2)21-25(31)3/h12-19,21-23H,4-11,20H2,1-3H3. The highest BCUT2D eigenvalue weighted by molar-refractivity contribution is 5.92. The van der Waals surface area contributed by atoms with E-state index in [1.165, 1.54) is 44.9 Å². The lowest BCUT2D eigenvalue weighted by Crippen LogP contribution is -2.09. The van der Waals surface area contributed by atoms with Crippen molar-refractivity contribution in [3.8, 4) is 22.6 Å². The van der Waals surface area contributed by atoms with Gasteiger partial charge < -0.3 is 9.47 Å². The molecule has 0 aliphatic carbocycles. The van der Waals surface area contributed by atoms with Gasteiger partial charge in [-0.3, -0.25) is 4.79 Å². The third kappa shape index (κ3) is 8.08. The first kappa shape index (κ1) is 27.2. The predicted octanol–water partition coefficient (Wildman–Crippen LogP) is 8.52. The highest BCUT2D eigenvalue weighted by Crippen LogP contribution is 2.25. The van der Waals surface area contributed by atoms with Gasteiger partial charge in [-0.15, -0.1) is 0 Å². The lowest BCUT2D eigenvalue weighted by atomic mass is 10.0. The van der Waals surface area contributed by atoms with Gasteiger partial charge >= 0.3 is 5.97 Å². The Labute approximate surface area is 215 Å². The van der Waals surface area contributed by atoms with Gasteiger partial charge in [0.2, 0.25) is 0 Å². The molecule has 0 saturated carbocycles. The number of unbranched alkanes of at least 4 members (excludes halogenated alkanes) is 7. The molecule has 3 aromatic carbocycles. The average molecular weight is 487 g/mol. The predicted molar refractivity (Wildman–Crippen MR) is 146 cm³/mol. The van der Waals surface area contributed by atoms with Crippen molar-refractivity contribution in [1.29, 1.82) is 0 Å². The Morgan fingerprint density at radius 1 is 0.750 bits per heavy atom. The van der Waals surface area contributed by atoms with Gasteiger partial charge in [-0.25, -0.2) is 4.79 Å². The van der Waals surface area contributed by atoms with Crippen LogP contribution in [-0.2, 0) is 0 Å². The van der Waals surface area contributed by atoms with Gasteiger partial charge in [-0.05, 0) is 72.9 Å². The first-order valence-electron chi connectivity index (χ1n) is 13.1. The van der Waals surface area contributed by atoms with Crippen LogP contribution >= 0.6 is 0 Å². The first-order chi connectivity index (χ1) is 17.5. The van der Waals surface area contributed by atoms with E-state index in [1.807, 2.05) is 56.3 Å². The van der Waals surface area contributed by atoms with Crippen LogP contribution in [0.25, 0.3) is 11.1 Å². The number of aldehydes is 1. The number of ether oxygens (including phenoxy) is 2. The summed E-state index contributed by atoms with van der Waals surface area (Å²) in [5.74, 6) is 0.833. The number of esters is 1. The molecule has 0 aliphatic heterocycles. The third-order valence-electron chi connectivity index (χ3n) is 6.47. The molecule has 36 heavy (non-hydrogen) atoms. The molecule has 0 fully saturated rings. The molecule has 0 atom stereocenters. The molecule has 0 saturated heterocycles. The minimum atomic E-state index is -0.449. The van der Waals surface area contributed by atoms with E-state index in [9.17, 15) is 9.59 Å². The Hall–Kier alpha value is -3.40. The number of benzene rings is 3. The highest BCUT2D eigenvalue weighted by atomic mass is 16.5. The van der Waals surface area contributed by atoms with Crippen molar-refractivity contribution >= 4 is 12.3 Å². The fraction of sp³-hybridized carbons (Fsp3) is 0.375. The molecule has 0 bridgehead atoms. The van der Waals surface area contributed by atoms with E-state index in [-0.39, 0.29) is 0 Å². The molecule has 0 radical (unpaired) electrons. The lowest BCUT2D eigenvalue weighted by molar-refractivity contribution is 0.0733. The zero-order valence-electron chi connectivity index (χ0n) is 21.8. The largest absolute Gasteiger partial charge is 0.494 e. The van der Waals surface area contributed by atoms with Crippen molar-refractivity contribution in [2.45, 2.75) is 72.1 Å². The van der Waals surface area contributed by atoms with Crippen LogP contribution in [0.3, 0.4) is 0 Å². The normalized spacial score (nSPS) is 10.8. The van der Waals surface area contributed by atoms with Crippen LogP contribution in [-0.4, -0.2) is 18.9 Å². The monoisotopic (exact) mass is 486 g/mol. The van der Waals surface area contributed by atoms with Gasteiger partial charge in [0, 0.05) is 5.56 Å². The maximum absolute atomic E-state index is 12.6. The zero-order chi connectivity index (χ0) is 25.8. The SMILES string of the molecule is CCCCCCCCCCOc1ccc(-c2ccc(C(=O)Oc3cc(C=O)c(C)cc3C)cc2)cc1. The summed E-state index contributed by atoms with van der Waals surface area (Å²) in [4.78, 5) is 23.9. The van der Waals surface area contributed by atoms with Gasteiger partial charge in [0.1, 0.15) is 17.8 Å². The Morgan fingerprint density at radius 3 is 1.94 bits per heavy atom. The van der Waals surface area contributed by atoms with Gasteiger partial charge in [-0.2, -0.15) is 0 Å². The van der Waals surface area contributed by atoms with Crippen LogP contribution in [0.15, 0.2) is 60.7 Å². The molecule has 190 valence electrons. The number of carbonyl (C=O) groups excluding carboxylic acids is 2. The summed E-state index contributed by atoms with van der Waals surface area (Å²) in [6.07, 6.45) is 11.1. The molecular weight excluding hydrogens is 448 g/mol. The molecule has 0 aromatic heterocycles. The van der Waals surface area contributed by atoms with Crippen molar-refractivity contribution in [2.75, 3.05) is 6.61 Å². The summed E-state index contributed by atoms with van der Waals surface area (Å²) in [7, 11) is 0. The number of hydrogen-bond acceptors (Lipinski definition) is 4. The van der Waals surface area contributed by atoms with Crippen LogP contribution in [0.4, 0.5) is 0 Å². The fourth-order valence-corrected chi connectivity index (χ4v) is 4.21. The van der Waals surface area contributed by atoms with Gasteiger partial charge in [0.15, 0.2) is 0 Å². The van der Waals surface area contributed by atoms with Crippen molar-refractivity contribution in [3.05, 3.63) is 82.9 Å². The molecule has 0 amide bonds. The maximum Gasteiger partial charge on any atom is 0.343 e. The number of carbonyl (C=O) groups is 2. The van der Waals surface area contributed by atoms with Crippen LogP contribution in [0, 0.1) is 13.8 Å². The highest BCUT2D eigenvalue weighted by Gasteiger charge is 2.13. The summed E-state index contributed by atoms with van der Waals surface area (Å²) in [5, 5.41) is 0. The molecule has 4 nitrogen and oxygen atoms in total. The van der Waals surface area contributed by atoms with E-state index in [1.54, 1.807) is 18.2 Å². The Bertz CT molecular complexity index is 1110. The Kier molecular flexibility index (Phi) is 10.7. The lowest BCUT2D eigenvalue weighted by Gasteiger charge is -2.10. The summed E-state index contributed by atoms with van der Waals surface area (Å²) < 4.78 is 11.5. The first-order valence-corrected chi connectivity index (χ1v) is 13.1. The van der Waals surface area contributed by atoms with Crippen LogP contribution < -0.4 is 9.47 Å². The van der Waals surface area contributed by atoms with Crippen LogP contribution in [0.2, 0.25) is 0 Å². The van der Waals surface area contributed by atoms with Crippen molar-refractivity contribution in [3.63, 3.8) is 0 Å². The minimum absolute atomic E-state index is 0.402. The summed E-state index contributed by atoms with van der Waals surface area (Å²) in [5.41, 5.74) is 4.71. The quantitative estimate of drug-likeness (QED) is 0.0991. The average Bonchev–Trinajstić information content (AvgIpc) is 2.89. The Morgan fingerprint density at radius 2 is 1.33 bits per heavy atom. The van der Waals surface area contributed by atoms with Gasteiger partial charge in [-0.1, -0.05) is 82.2 Å². The van der Waals surface area contributed by atoms with Crippen LogP contribution in [0.5, 0.6) is 11.5 Å². The van der Waals surface area contributed by atoms with E-state index in [0.29, 0.717) is 16.9 Å². The van der Waals surface area contributed by atoms with E-state index < -0.39 is 5.97 Å². The topological polar surface area (TPSA) is 52.6 Å². The number of rotatable bonds is 14. The molecule has 4 heteroatoms. The minimum Gasteiger partial charge on any atom is -0.494 e. The molecule has 0 spiro atoms. The molecule has 3 rings (SSSR count). The molecule has 0 aliphatic rings. The third-order valence-corrected chi connectivity index (χ3v) is 6.47. The van der Waals surface area contributed by atoms with E-state index in [4.69, 9.17) is 9.47 Å². The summed E-state index contributed by atoms with van der Waals surface area (Å²) >= 11 is 0. The molecule has 3 aromatic rings. The second kappa shape index (κ2) is 14.2. The molecular formula is C32H38O4. The van der Waals surface area contributed by atoms with Crippen molar-refractivity contribution in [2.24, 2.45) is 0 Å². The zero-order valence-corrected chi connectivity index (χ0v) is 21.8. The molecule has 0 N–H and O–H groups in total. The molecule has 0 heterocycles. The van der Waals surface area contributed by atoms with E-state index in [0.717, 1.165) is 47.3 Å². The number of aryl methyl sites for hydroxylation is 2. The fourth-order valence-electron chi connectivity index (χ4n) is 4.21. The number of hydrogen-bond donors (Lipinski definition) is 0. The van der Waals surface area contributed by atoms with Gasteiger partial charge in [0.25, 0.3) is 0 Å². The smallest absolute Gasteiger partial charge is 0.343 e. The van der Waals surface area contributed by atoms with Crippen molar-refractivity contribution < 1.29 is 19.1 Å². The van der Waals surface area contributed by atoms with E-state index in [2.05, 4.69) is 6.92 Å².